The van der Waals surface area contributed by atoms with Crippen molar-refractivity contribution in [1.82, 2.24) is 30.0 Å². The van der Waals surface area contributed by atoms with Gasteiger partial charge in [0.2, 0.25) is 20.0 Å². The van der Waals surface area contributed by atoms with E-state index in [2.05, 4.69) is 30.0 Å². The summed E-state index contributed by atoms with van der Waals surface area (Å²) in [7, 11) is -6.28. The van der Waals surface area contributed by atoms with Crippen molar-refractivity contribution in [3.05, 3.63) is 69.9 Å². The van der Waals surface area contributed by atoms with E-state index in [1.54, 1.807) is 50.5 Å². The maximum Gasteiger partial charge on any atom is 1.00 e. The molecule has 6 rings (SSSR count). The van der Waals surface area contributed by atoms with E-state index in [4.69, 9.17) is 19.3 Å². The van der Waals surface area contributed by atoms with Crippen molar-refractivity contribution in [2.45, 2.75) is 152 Å². The molecule has 0 atom stereocenters. The molecule has 2 aromatic carbocycles. The number of hydrogen-bond donors (Lipinski definition) is 5. The van der Waals surface area contributed by atoms with Crippen LogP contribution >= 0.6 is 22.7 Å². The Morgan fingerprint density at radius 2 is 1.04 bits per heavy atom. The topological polar surface area (TPSA) is 288 Å². The average Bonchev–Trinajstić information content (AvgIpc) is 3.98. The summed E-state index contributed by atoms with van der Waals surface area (Å²) in [6.45, 7) is 11.1. The molecule has 0 aliphatic heterocycles. The fourth-order valence-electron chi connectivity index (χ4n) is 8.15. The van der Waals surface area contributed by atoms with Crippen molar-refractivity contribution in [3.8, 4) is 20.9 Å². The standard InChI is InChI=1S/C24H33N3O6S2.C23H31N3O6S2.Li.H2O/c1-5-26-35(30,31)21-12-16(13-22(28)32-4)6-11-19(21)20-14-25-23(34-20)17-7-9-18(10-8-17)27-24(29)33-15(2)3;1-4-25-34(30,31)20-11-15(12-21(27)28)5-10-18(20)19-13-24-22(33-19)16-6-8-17(9-7-16)26-23(29)32-14(2)3;;/h6,11-12,14-15,17-18,26H,5,7-10,13H2,1-4H3,(H,27,29);5,10-11,13-14,16-17,25H,4,6-9,12H2,1-3H3,(H,26,29)(H,27,28);;1H2/q;;+1;/p-1. The summed E-state index contributed by atoms with van der Waals surface area (Å²) >= 11 is 2.93. The first-order valence-electron chi connectivity index (χ1n) is 23.1. The van der Waals surface area contributed by atoms with Crippen LogP contribution in [0.1, 0.15) is 126 Å². The summed E-state index contributed by atoms with van der Waals surface area (Å²) in [4.78, 5) is 57.4. The third-order valence-electron chi connectivity index (χ3n) is 11.3. The van der Waals surface area contributed by atoms with Gasteiger partial charge in [0.05, 0.1) is 61.7 Å². The van der Waals surface area contributed by atoms with E-state index in [1.165, 1.54) is 41.9 Å². The molecule has 2 aliphatic rings. The number of thiazole rings is 2. The van der Waals surface area contributed by atoms with Crippen molar-refractivity contribution in [2.24, 2.45) is 0 Å². The Morgan fingerprint density at radius 1 is 0.662 bits per heavy atom. The summed E-state index contributed by atoms with van der Waals surface area (Å²) in [6, 6.07) is 9.86. The molecule has 0 spiro atoms. The minimum absolute atomic E-state index is 0. The number of carboxylic acids is 1. The number of alkyl carbamates (subject to hydrolysis) is 2. The van der Waals surface area contributed by atoms with Crippen LogP contribution in [0.4, 0.5) is 9.59 Å². The van der Waals surface area contributed by atoms with Gasteiger partial charge in [0.15, 0.2) is 0 Å². The van der Waals surface area contributed by atoms with Gasteiger partial charge in [-0.1, -0.05) is 38.1 Å². The molecule has 2 saturated carbocycles. The number of esters is 1. The number of aliphatic carboxylic acids is 1. The number of ether oxygens (including phenoxy) is 3. The molecule has 6 N–H and O–H groups in total. The number of aromatic nitrogens is 2. The van der Waals surface area contributed by atoms with Crippen LogP contribution in [-0.2, 0) is 56.7 Å². The fraction of sp³-hybridized carbons (Fsp3) is 0.532. The van der Waals surface area contributed by atoms with Gasteiger partial charge in [-0.3, -0.25) is 9.59 Å². The Balaban J connectivity index is 0.000000365. The quantitative estimate of drug-likeness (QED) is 0.0513. The molecule has 4 aromatic rings. The van der Waals surface area contributed by atoms with E-state index in [-0.39, 0.29) is 102 Å². The first kappa shape index (κ1) is 60.9. The predicted molar refractivity (Wildman–Crippen MR) is 265 cm³/mol. The molecule has 0 unspecified atom stereocenters. The number of carbonyl (C=O) groups is 4. The molecule has 71 heavy (non-hydrogen) atoms. The van der Waals surface area contributed by atoms with E-state index >= 15 is 0 Å². The maximum absolute atomic E-state index is 12.9. The van der Waals surface area contributed by atoms with Crippen LogP contribution in [0.3, 0.4) is 0 Å². The molecule has 0 saturated heterocycles. The molecule has 2 heterocycles. The van der Waals surface area contributed by atoms with Gasteiger partial charge in [-0.15, -0.1) is 22.7 Å². The van der Waals surface area contributed by atoms with Gasteiger partial charge in [0.25, 0.3) is 0 Å². The van der Waals surface area contributed by atoms with Gasteiger partial charge in [-0.25, -0.2) is 45.8 Å². The number of rotatable bonds is 18. The molecule has 2 aliphatic carbocycles. The summed E-state index contributed by atoms with van der Waals surface area (Å²) in [6.07, 6.45) is 8.79. The van der Waals surface area contributed by atoms with Crippen LogP contribution in [-0.4, -0.2) is 106 Å². The average molecular weight is 1060 g/mol. The van der Waals surface area contributed by atoms with Crippen molar-refractivity contribution >= 4 is 66.8 Å². The van der Waals surface area contributed by atoms with E-state index in [1.807, 2.05) is 27.7 Å². The van der Waals surface area contributed by atoms with Crippen LogP contribution in [0.15, 0.2) is 58.6 Å². The Morgan fingerprint density at radius 3 is 1.38 bits per heavy atom. The van der Waals surface area contributed by atoms with Gasteiger partial charge in [0.1, 0.15) is 0 Å². The monoisotopic (exact) mass is 1060 g/mol. The smallest absolute Gasteiger partial charge is 0.870 e. The van der Waals surface area contributed by atoms with E-state index in [0.29, 0.717) is 27.1 Å². The number of nitrogens with one attached hydrogen (secondary N) is 4. The summed E-state index contributed by atoms with van der Waals surface area (Å²) < 4.78 is 71.7. The molecular formula is C47H65LiN6O13S4. The summed E-state index contributed by atoms with van der Waals surface area (Å²) in [5.41, 5.74) is 2.03. The van der Waals surface area contributed by atoms with Gasteiger partial charge in [-0.2, -0.15) is 0 Å². The molecule has 2 amide bonds. The Kier molecular flexibility index (Phi) is 24.1. The summed E-state index contributed by atoms with van der Waals surface area (Å²) in [5.74, 6) is -0.979. The number of carboxylic acid groups (broad SMARTS) is 1. The van der Waals surface area contributed by atoms with E-state index in [9.17, 15) is 36.0 Å². The maximum atomic E-state index is 12.9. The molecular weight excluding hydrogens is 992 g/mol. The number of hydrogen-bond acceptors (Lipinski definition) is 16. The number of methoxy groups -OCH3 is 1. The van der Waals surface area contributed by atoms with Crippen LogP contribution in [0.25, 0.3) is 20.9 Å². The molecule has 2 aromatic heterocycles. The number of nitrogens with zero attached hydrogens (tertiary/aromatic N) is 2. The first-order valence-corrected chi connectivity index (χ1v) is 27.7. The second kappa shape index (κ2) is 28.1. The third kappa shape index (κ3) is 17.9. The van der Waals surface area contributed by atoms with Crippen molar-refractivity contribution in [3.63, 3.8) is 0 Å². The van der Waals surface area contributed by atoms with Gasteiger partial charge >= 0.3 is 43.0 Å². The van der Waals surface area contributed by atoms with Gasteiger partial charge in [0, 0.05) is 60.5 Å². The molecule has 24 heteroatoms. The van der Waals surface area contributed by atoms with Crippen molar-refractivity contribution in [2.75, 3.05) is 20.2 Å². The van der Waals surface area contributed by atoms with Crippen LogP contribution < -0.4 is 38.9 Å². The minimum Gasteiger partial charge on any atom is -0.870 e. The summed E-state index contributed by atoms with van der Waals surface area (Å²) in [5, 5.41) is 16.8. The fourth-order valence-corrected chi connectivity index (χ4v) is 13.2. The number of amides is 2. The zero-order valence-electron chi connectivity index (χ0n) is 41.5. The number of sulfonamides is 2. The van der Waals surface area contributed by atoms with Crippen molar-refractivity contribution in [1.29, 1.82) is 0 Å². The zero-order valence-corrected chi connectivity index (χ0v) is 44.7. The number of benzene rings is 2. The predicted octanol–water partition coefficient (Wildman–Crippen LogP) is 4.71. The molecule has 19 nitrogen and oxygen atoms in total. The molecule has 2 fully saturated rings. The third-order valence-corrected chi connectivity index (χ3v) is 16.9. The van der Waals surface area contributed by atoms with Crippen molar-refractivity contribution < 1.29 is 79.7 Å². The molecule has 386 valence electrons. The van der Waals surface area contributed by atoms with Crippen LogP contribution in [0.2, 0.25) is 0 Å². The first-order chi connectivity index (χ1) is 32.7. The van der Waals surface area contributed by atoms with Gasteiger partial charge in [-0.05, 0) is 102 Å². The Bertz CT molecular complexity index is 2630. The minimum atomic E-state index is -3.81. The number of carbonyl (C=O) groups excluding carboxylic acids is 3. The zero-order chi connectivity index (χ0) is 50.5. The largest absolute Gasteiger partial charge is 1.00 e. The Hall–Kier alpha value is -4.44. The molecule has 0 radical (unpaired) electrons. The van der Waals surface area contributed by atoms with E-state index < -0.39 is 38.1 Å². The normalized spacial score (nSPS) is 17.9. The molecule has 0 bridgehead atoms. The SMILES string of the molecule is CCNS(=O)(=O)c1cc(CC(=O)O)ccc1-c1cnc(C2CCC(NC(=O)OC(C)C)CC2)s1.CCNS(=O)(=O)c1cc(CC(=O)OC)ccc1-c1cnc(C2CCC(NC(=O)OC(C)C)CC2)s1.[Li+].[OH-]. The van der Waals surface area contributed by atoms with Crippen LogP contribution in [0, 0.1) is 0 Å². The van der Waals surface area contributed by atoms with Gasteiger partial charge < -0.3 is 35.4 Å². The van der Waals surface area contributed by atoms with Crippen LogP contribution in [0.5, 0.6) is 0 Å². The second-order valence-electron chi connectivity index (χ2n) is 17.4. The Labute approximate surface area is 436 Å². The second-order valence-corrected chi connectivity index (χ2v) is 23.0. The van der Waals surface area contributed by atoms with E-state index in [0.717, 1.165) is 66.3 Å².